The van der Waals surface area contributed by atoms with Crippen molar-refractivity contribution in [3.63, 3.8) is 0 Å². The van der Waals surface area contributed by atoms with E-state index in [-0.39, 0.29) is 18.3 Å². The summed E-state index contributed by atoms with van der Waals surface area (Å²) in [5, 5.41) is 7.17. The molecule has 8 nitrogen and oxygen atoms in total. The van der Waals surface area contributed by atoms with E-state index in [9.17, 15) is 4.79 Å². The lowest BCUT2D eigenvalue weighted by molar-refractivity contribution is -0.127. The maximum Gasteiger partial charge on any atom is 0.261 e. The molecule has 1 aromatic heterocycles. The monoisotopic (exact) mass is 417 g/mol. The van der Waals surface area contributed by atoms with Gasteiger partial charge in [-0.15, -0.1) is 0 Å². The van der Waals surface area contributed by atoms with Crippen LogP contribution in [0.5, 0.6) is 17.2 Å². The van der Waals surface area contributed by atoms with Gasteiger partial charge in [0.2, 0.25) is 11.7 Å². The molecule has 1 amide bonds. The van der Waals surface area contributed by atoms with Crippen molar-refractivity contribution in [3.8, 4) is 28.6 Å². The highest BCUT2D eigenvalue weighted by Crippen LogP contribution is 2.31. The molecule has 0 unspecified atom stereocenters. The summed E-state index contributed by atoms with van der Waals surface area (Å²) in [4.78, 5) is 16.5. The van der Waals surface area contributed by atoms with E-state index in [1.807, 2.05) is 0 Å². The minimum absolute atomic E-state index is 0.0718. The van der Waals surface area contributed by atoms with Gasteiger partial charge < -0.3 is 24.1 Å². The molecule has 0 fully saturated rings. The topological polar surface area (TPSA) is 95.7 Å². The number of carbonyl (C=O) groups excluding carboxylic acids is 1. The number of amides is 1. The van der Waals surface area contributed by atoms with Crippen molar-refractivity contribution in [1.29, 1.82) is 0 Å². The number of carbonyl (C=O) groups is 1. The van der Waals surface area contributed by atoms with Crippen LogP contribution in [0.15, 0.2) is 47.0 Å². The Hall–Kier alpha value is -3.26. The Morgan fingerprint density at radius 3 is 2.69 bits per heavy atom. The molecule has 0 spiro atoms. The Morgan fingerprint density at radius 2 is 1.97 bits per heavy atom. The third-order valence-electron chi connectivity index (χ3n) is 4.00. The minimum atomic E-state index is -0.721. The smallest absolute Gasteiger partial charge is 0.261 e. The van der Waals surface area contributed by atoms with Gasteiger partial charge in [0.15, 0.2) is 17.6 Å². The van der Waals surface area contributed by atoms with E-state index in [1.54, 1.807) is 63.6 Å². The van der Waals surface area contributed by atoms with Crippen LogP contribution in [0, 0.1) is 0 Å². The summed E-state index contributed by atoms with van der Waals surface area (Å²) in [6.07, 6.45) is -0.721. The number of halogens is 1. The van der Waals surface area contributed by atoms with Gasteiger partial charge in [0.25, 0.3) is 5.91 Å². The van der Waals surface area contributed by atoms with E-state index < -0.39 is 6.10 Å². The van der Waals surface area contributed by atoms with E-state index in [1.165, 1.54) is 0 Å². The highest BCUT2D eigenvalue weighted by Gasteiger charge is 2.17. The number of ether oxygens (including phenoxy) is 3. The number of nitrogens with zero attached hydrogens (tertiary/aromatic N) is 2. The summed E-state index contributed by atoms with van der Waals surface area (Å²) in [7, 11) is 3.11. The summed E-state index contributed by atoms with van der Waals surface area (Å²) < 4.78 is 21.3. The van der Waals surface area contributed by atoms with Crippen molar-refractivity contribution in [2.75, 3.05) is 14.2 Å². The Bertz CT molecular complexity index is 992. The third-order valence-corrected chi connectivity index (χ3v) is 4.24. The maximum absolute atomic E-state index is 12.2. The number of benzene rings is 2. The predicted molar refractivity (Wildman–Crippen MR) is 106 cm³/mol. The first-order chi connectivity index (χ1) is 14.0. The highest BCUT2D eigenvalue weighted by atomic mass is 35.5. The lowest BCUT2D eigenvalue weighted by Crippen LogP contribution is -2.35. The number of hydrogen-bond donors (Lipinski definition) is 1. The first-order valence-corrected chi connectivity index (χ1v) is 9.13. The molecule has 0 radical (unpaired) electrons. The second-order valence-electron chi connectivity index (χ2n) is 6.02. The zero-order chi connectivity index (χ0) is 20.8. The number of methoxy groups -OCH3 is 2. The van der Waals surface area contributed by atoms with Crippen LogP contribution < -0.4 is 19.5 Å². The molecule has 0 aliphatic rings. The summed E-state index contributed by atoms with van der Waals surface area (Å²) in [5.41, 5.74) is 0.696. The highest BCUT2D eigenvalue weighted by molar-refractivity contribution is 6.30. The second kappa shape index (κ2) is 9.29. The summed E-state index contributed by atoms with van der Waals surface area (Å²) in [5.74, 6) is 1.97. The molecule has 1 heterocycles. The molecule has 152 valence electrons. The quantitative estimate of drug-likeness (QED) is 0.599. The molecule has 1 atom stereocenters. The molecular formula is C20H20ClN3O5. The van der Waals surface area contributed by atoms with E-state index in [0.29, 0.717) is 33.7 Å². The SMILES string of the molecule is COc1ccc(-c2noc(CNC(=O)[C@H](C)Oc3cccc(Cl)c3)n2)cc1OC. The van der Waals surface area contributed by atoms with Crippen molar-refractivity contribution in [2.45, 2.75) is 19.6 Å². The van der Waals surface area contributed by atoms with Crippen molar-refractivity contribution < 1.29 is 23.5 Å². The number of rotatable bonds is 8. The Kier molecular flexibility index (Phi) is 6.56. The zero-order valence-electron chi connectivity index (χ0n) is 16.1. The minimum Gasteiger partial charge on any atom is -0.493 e. The van der Waals surface area contributed by atoms with Gasteiger partial charge in [0, 0.05) is 10.6 Å². The van der Waals surface area contributed by atoms with Gasteiger partial charge in [-0.05, 0) is 43.3 Å². The van der Waals surface area contributed by atoms with Crippen LogP contribution in [0.25, 0.3) is 11.4 Å². The Morgan fingerprint density at radius 1 is 1.17 bits per heavy atom. The summed E-state index contributed by atoms with van der Waals surface area (Å²) in [6, 6.07) is 12.1. The molecule has 0 saturated carbocycles. The van der Waals surface area contributed by atoms with E-state index in [4.69, 9.17) is 30.3 Å². The second-order valence-corrected chi connectivity index (χ2v) is 6.45. The first kappa shape index (κ1) is 20.5. The maximum atomic E-state index is 12.2. The van der Waals surface area contributed by atoms with Crippen molar-refractivity contribution >= 4 is 17.5 Å². The fourth-order valence-electron chi connectivity index (χ4n) is 2.52. The van der Waals surface area contributed by atoms with Crippen molar-refractivity contribution in [3.05, 3.63) is 53.4 Å². The average molecular weight is 418 g/mol. The van der Waals surface area contributed by atoms with Gasteiger partial charge in [-0.1, -0.05) is 22.8 Å². The number of nitrogens with one attached hydrogen (secondary N) is 1. The van der Waals surface area contributed by atoms with Crippen molar-refractivity contribution in [1.82, 2.24) is 15.5 Å². The van der Waals surface area contributed by atoms with Crippen molar-refractivity contribution in [2.24, 2.45) is 0 Å². The number of hydrogen-bond acceptors (Lipinski definition) is 7. The fraction of sp³-hybridized carbons (Fsp3) is 0.250. The van der Waals surface area contributed by atoms with Crippen LogP contribution in [0.3, 0.4) is 0 Å². The van der Waals surface area contributed by atoms with E-state index in [2.05, 4.69) is 15.5 Å². The zero-order valence-corrected chi connectivity index (χ0v) is 16.9. The predicted octanol–water partition coefficient (Wildman–Crippen LogP) is 3.49. The summed E-state index contributed by atoms with van der Waals surface area (Å²) >= 11 is 5.91. The standard InChI is InChI=1S/C20H20ClN3O5/c1-12(28-15-6-4-5-14(21)10-15)20(25)22-11-18-23-19(24-29-18)13-7-8-16(26-2)17(9-13)27-3/h4-10,12H,11H2,1-3H3,(H,22,25)/t12-/m0/s1. The molecule has 0 saturated heterocycles. The van der Waals surface area contributed by atoms with Gasteiger partial charge in [-0.25, -0.2) is 0 Å². The van der Waals surface area contributed by atoms with Crippen LogP contribution in [0.1, 0.15) is 12.8 Å². The Balaban J connectivity index is 1.59. The van der Waals surface area contributed by atoms with Gasteiger partial charge in [0.1, 0.15) is 5.75 Å². The van der Waals surface area contributed by atoms with Crippen LogP contribution in [0.4, 0.5) is 0 Å². The summed E-state index contributed by atoms with van der Waals surface area (Å²) in [6.45, 7) is 1.71. The number of aromatic nitrogens is 2. The molecule has 29 heavy (non-hydrogen) atoms. The molecule has 0 aliphatic carbocycles. The molecule has 2 aromatic carbocycles. The van der Waals surface area contributed by atoms with Gasteiger partial charge in [-0.2, -0.15) is 4.98 Å². The third kappa shape index (κ3) is 5.17. The first-order valence-electron chi connectivity index (χ1n) is 8.75. The molecule has 3 rings (SSSR count). The lowest BCUT2D eigenvalue weighted by atomic mass is 10.2. The lowest BCUT2D eigenvalue weighted by Gasteiger charge is -2.14. The molecular weight excluding hydrogens is 398 g/mol. The van der Waals surface area contributed by atoms with Crippen LogP contribution in [0.2, 0.25) is 5.02 Å². The largest absolute Gasteiger partial charge is 0.493 e. The molecule has 1 N–H and O–H groups in total. The Labute approximate surface area is 172 Å². The van der Waals surface area contributed by atoms with Gasteiger partial charge in [0.05, 0.1) is 20.8 Å². The van der Waals surface area contributed by atoms with E-state index in [0.717, 1.165) is 0 Å². The van der Waals surface area contributed by atoms with Gasteiger partial charge in [-0.3, -0.25) is 4.79 Å². The van der Waals surface area contributed by atoms with Crippen LogP contribution >= 0.6 is 11.6 Å². The van der Waals surface area contributed by atoms with Gasteiger partial charge >= 0.3 is 0 Å². The van der Waals surface area contributed by atoms with Crippen LogP contribution in [-0.4, -0.2) is 36.4 Å². The van der Waals surface area contributed by atoms with E-state index >= 15 is 0 Å². The van der Waals surface area contributed by atoms with Crippen LogP contribution in [-0.2, 0) is 11.3 Å². The average Bonchev–Trinajstić information content (AvgIpc) is 3.20. The molecule has 0 aliphatic heterocycles. The molecule has 3 aromatic rings. The fourth-order valence-corrected chi connectivity index (χ4v) is 2.70. The molecule has 0 bridgehead atoms. The molecule has 9 heteroatoms. The normalized spacial score (nSPS) is 11.6.